The van der Waals surface area contributed by atoms with Gasteiger partial charge in [-0.25, -0.2) is 9.78 Å². The van der Waals surface area contributed by atoms with Crippen molar-refractivity contribution in [2.45, 2.75) is 26.4 Å². The second-order valence-electron chi connectivity index (χ2n) is 8.41. The Morgan fingerprint density at radius 3 is 2.42 bits per heavy atom. The van der Waals surface area contributed by atoms with Crippen LogP contribution >= 0.6 is 0 Å². The number of tetrazole rings is 1. The van der Waals surface area contributed by atoms with Crippen LogP contribution in [0, 0.1) is 0 Å². The molecule has 2 aromatic carbocycles. The molecule has 0 saturated heterocycles. The number of rotatable bonds is 8. The van der Waals surface area contributed by atoms with Gasteiger partial charge in [0.2, 0.25) is 5.82 Å². The molecule has 5 rings (SSSR count). The molecule has 0 aliphatic rings. The molecular formula is C25H26N8O3. The molecular weight excluding hydrogens is 460 g/mol. The lowest BCUT2D eigenvalue weighted by molar-refractivity contribution is 0.186. The van der Waals surface area contributed by atoms with Crippen LogP contribution in [0.5, 0.6) is 0 Å². The first-order valence-corrected chi connectivity index (χ1v) is 11.6. The molecule has 1 N–H and O–H groups in total. The minimum absolute atomic E-state index is 0.314. The smallest absolute Gasteiger partial charge is 0.332 e. The van der Waals surface area contributed by atoms with Gasteiger partial charge in [0.1, 0.15) is 5.82 Å². The molecule has 0 radical (unpaired) electrons. The highest BCUT2D eigenvalue weighted by Gasteiger charge is 2.20. The molecule has 0 aliphatic carbocycles. The van der Waals surface area contributed by atoms with E-state index in [-0.39, 0.29) is 5.56 Å². The van der Waals surface area contributed by atoms with Gasteiger partial charge in [0, 0.05) is 32.7 Å². The molecule has 11 nitrogen and oxygen atoms in total. The molecule has 3 heterocycles. The summed E-state index contributed by atoms with van der Waals surface area (Å²) in [4.78, 5) is 30.6. The van der Waals surface area contributed by atoms with E-state index in [0.717, 1.165) is 32.6 Å². The van der Waals surface area contributed by atoms with Crippen LogP contribution < -0.4 is 11.2 Å². The highest BCUT2D eigenvalue weighted by Crippen LogP contribution is 2.30. The number of benzene rings is 2. The van der Waals surface area contributed by atoms with Crippen LogP contribution in [0.25, 0.3) is 33.7 Å². The average molecular weight is 487 g/mol. The van der Waals surface area contributed by atoms with Gasteiger partial charge in [-0.05, 0) is 21.9 Å². The van der Waals surface area contributed by atoms with Crippen LogP contribution in [0.15, 0.2) is 58.1 Å². The third-order valence-corrected chi connectivity index (χ3v) is 6.26. The average Bonchev–Trinajstić information content (AvgIpc) is 3.57. The predicted molar refractivity (Wildman–Crippen MR) is 135 cm³/mol. The SMILES string of the molecule is CCc1nc2c(c(=O)n(C)c(=O)n2CCOC)n1Cc1ccc(-c2ccccc2-c2nn[nH]n2)cc1. The van der Waals surface area contributed by atoms with Gasteiger partial charge in [-0.3, -0.25) is 13.9 Å². The number of methoxy groups -OCH3 is 1. The Labute approximate surface area is 206 Å². The highest BCUT2D eigenvalue weighted by molar-refractivity contribution is 5.80. The van der Waals surface area contributed by atoms with E-state index >= 15 is 0 Å². The molecule has 3 aromatic heterocycles. The Hall–Kier alpha value is -4.38. The van der Waals surface area contributed by atoms with Gasteiger partial charge >= 0.3 is 5.69 Å². The number of aromatic amines is 1. The summed E-state index contributed by atoms with van der Waals surface area (Å²) in [5, 5.41) is 14.4. The fraction of sp³-hybridized carbons (Fsp3) is 0.280. The normalized spacial score (nSPS) is 11.4. The maximum absolute atomic E-state index is 13.1. The van der Waals surface area contributed by atoms with E-state index in [0.29, 0.717) is 43.1 Å². The Morgan fingerprint density at radius 1 is 1.00 bits per heavy atom. The largest absolute Gasteiger partial charge is 0.383 e. The fourth-order valence-corrected chi connectivity index (χ4v) is 4.40. The number of aromatic nitrogens is 8. The van der Waals surface area contributed by atoms with Crippen LogP contribution in [-0.4, -0.2) is 53.0 Å². The number of hydrogen-bond donors (Lipinski definition) is 1. The fourth-order valence-electron chi connectivity index (χ4n) is 4.40. The monoisotopic (exact) mass is 486 g/mol. The molecule has 0 fully saturated rings. The third-order valence-electron chi connectivity index (χ3n) is 6.26. The summed E-state index contributed by atoms with van der Waals surface area (Å²) in [5.74, 6) is 1.27. The van der Waals surface area contributed by atoms with Gasteiger partial charge in [-0.15, -0.1) is 10.2 Å². The van der Waals surface area contributed by atoms with Crippen molar-refractivity contribution in [3.05, 3.63) is 80.8 Å². The number of ether oxygens (including phenoxy) is 1. The van der Waals surface area contributed by atoms with Crippen molar-refractivity contribution in [2.24, 2.45) is 7.05 Å². The zero-order valence-electron chi connectivity index (χ0n) is 20.3. The molecule has 0 bridgehead atoms. The topological polar surface area (TPSA) is 126 Å². The summed E-state index contributed by atoms with van der Waals surface area (Å²) in [6.45, 7) is 3.09. The van der Waals surface area contributed by atoms with Crippen molar-refractivity contribution in [2.75, 3.05) is 13.7 Å². The van der Waals surface area contributed by atoms with Gasteiger partial charge in [-0.2, -0.15) is 5.21 Å². The first kappa shape index (κ1) is 23.4. The molecule has 0 atom stereocenters. The van der Waals surface area contributed by atoms with Crippen molar-refractivity contribution in [1.29, 1.82) is 0 Å². The lowest BCUT2D eigenvalue weighted by Gasteiger charge is -2.12. The van der Waals surface area contributed by atoms with E-state index in [1.807, 2.05) is 60.0 Å². The van der Waals surface area contributed by atoms with E-state index in [2.05, 4.69) is 25.6 Å². The summed E-state index contributed by atoms with van der Waals surface area (Å²) in [6, 6.07) is 16.0. The number of fused-ring (bicyclic) bond motifs is 1. The predicted octanol–water partition coefficient (Wildman–Crippen LogP) is 2.00. The minimum atomic E-state index is -0.401. The number of imidazole rings is 1. The Kier molecular flexibility index (Phi) is 6.30. The number of nitrogens with zero attached hydrogens (tertiary/aromatic N) is 7. The third kappa shape index (κ3) is 4.03. The molecule has 0 amide bonds. The lowest BCUT2D eigenvalue weighted by atomic mass is 9.98. The molecule has 5 aromatic rings. The first-order chi connectivity index (χ1) is 17.5. The zero-order valence-corrected chi connectivity index (χ0v) is 20.3. The summed E-state index contributed by atoms with van der Waals surface area (Å²) in [5.41, 5.74) is 3.92. The molecule has 0 unspecified atom stereocenters. The van der Waals surface area contributed by atoms with E-state index in [4.69, 9.17) is 4.74 Å². The second kappa shape index (κ2) is 9.70. The quantitative estimate of drug-likeness (QED) is 0.356. The Bertz CT molecular complexity index is 1630. The zero-order chi connectivity index (χ0) is 25.2. The van der Waals surface area contributed by atoms with Crippen LogP contribution in [0.3, 0.4) is 0 Å². The van der Waals surface area contributed by atoms with Crippen molar-refractivity contribution >= 4 is 11.2 Å². The number of aryl methyl sites for hydroxylation is 1. The van der Waals surface area contributed by atoms with Crippen LogP contribution in [0.4, 0.5) is 0 Å². The van der Waals surface area contributed by atoms with Crippen LogP contribution in [0.1, 0.15) is 18.3 Å². The van der Waals surface area contributed by atoms with Gasteiger partial charge in [0.15, 0.2) is 11.2 Å². The van der Waals surface area contributed by atoms with Gasteiger partial charge in [0.25, 0.3) is 5.56 Å². The molecule has 0 saturated carbocycles. The first-order valence-electron chi connectivity index (χ1n) is 11.6. The summed E-state index contributed by atoms with van der Waals surface area (Å²) in [6.07, 6.45) is 0.618. The summed E-state index contributed by atoms with van der Waals surface area (Å²) in [7, 11) is 3.07. The minimum Gasteiger partial charge on any atom is -0.383 e. The number of nitrogens with one attached hydrogen (secondary N) is 1. The summed E-state index contributed by atoms with van der Waals surface area (Å²) >= 11 is 0. The van der Waals surface area contributed by atoms with Crippen LogP contribution in [0.2, 0.25) is 0 Å². The van der Waals surface area contributed by atoms with E-state index in [1.54, 1.807) is 7.11 Å². The van der Waals surface area contributed by atoms with E-state index < -0.39 is 5.69 Å². The maximum atomic E-state index is 13.1. The standard InChI is InChI=1S/C25H26N8O3/c1-4-20-26-23-21(24(34)31(2)25(35)32(23)13-14-36-3)33(20)15-16-9-11-17(12-10-16)18-7-5-6-8-19(18)22-27-29-30-28-22/h5-12H,4,13-15H2,1-3H3,(H,27,28,29,30). The Morgan fingerprint density at radius 2 is 1.75 bits per heavy atom. The Balaban J connectivity index is 1.55. The van der Waals surface area contributed by atoms with Gasteiger partial charge < -0.3 is 9.30 Å². The van der Waals surface area contributed by atoms with Gasteiger partial charge in [0.05, 0.1) is 13.2 Å². The van der Waals surface area contributed by atoms with Gasteiger partial charge in [-0.1, -0.05) is 55.5 Å². The van der Waals surface area contributed by atoms with Crippen molar-refractivity contribution in [1.82, 2.24) is 39.3 Å². The van der Waals surface area contributed by atoms with E-state index in [1.165, 1.54) is 11.6 Å². The summed E-state index contributed by atoms with van der Waals surface area (Å²) < 4.78 is 9.71. The lowest BCUT2D eigenvalue weighted by Crippen LogP contribution is -2.39. The molecule has 11 heteroatoms. The highest BCUT2D eigenvalue weighted by atomic mass is 16.5. The van der Waals surface area contributed by atoms with Crippen molar-refractivity contribution in [3.63, 3.8) is 0 Å². The van der Waals surface area contributed by atoms with Crippen LogP contribution in [-0.2, 0) is 31.3 Å². The number of H-pyrrole nitrogens is 1. The second-order valence-corrected chi connectivity index (χ2v) is 8.41. The molecule has 0 aliphatic heterocycles. The molecule has 184 valence electrons. The molecule has 36 heavy (non-hydrogen) atoms. The van der Waals surface area contributed by atoms with E-state index in [9.17, 15) is 9.59 Å². The van der Waals surface area contributed by atoms with Crippen molar-refractivity contribution < 1.29 is 4.74 Å². The van der Waals surface area contributed by atoms with Crippen molar-refractivity contribution in [3.8, 4) is 22.5 Å². The maximum Gasteiger partial charge on any atom is 0.332 e. The number of hydrogen-bond acceptors (Lipinski definition) is 7. The molecule has 0 spiro atoms.